The van der Waals surface area contributed by atoms with Crippen molar-refractivity contribution in [1.29, 1.82) is 0 Å². The van der Waals surface area contributed by atoms with Crippen molar-refractivity contribution >= 4 is 39.7 Å². The molecule has 0 bridgehead atoms. The maximum Gasteiger partial charge on any atom is 0.233 e. The van der Waals surface area contributed by atoms with E-state index in [4.69, 9.17) is 0 Å². The Morgan fingerprint density at radius 1 is 1.26 bits per heavy atom. The van der Waals surface area contributed by atoms with Crippen LogP contribution < -0.4 is 0 Å². The summed E-state index contributed by atoms with van der Waals surface area (Å²) < 4.78 is 15.5. The zero-order valence-electron chi connectivity index (χ0n) is 15.6. The predicted octanol–water partition coefficient (Wildman–Crippen LogP) is 3.54. The molecule has 0 spiro atoms. The number of benzene rings is 1. The van der Waals surface area contributed by atoms with Crippen LogP contribution in [0.15, 0.2) is 23.4 Å². The number of aromatic nitrogens is 4. The summed E-state index contributed by atoms with van der Waals surface area (Å²) in [5.41, 5.74) is 2.06. The van der Waals surface area contributed by atoms with E-state index in [2.05, 4.69) is 29.0 Å². The van der Waals surface area contributed by atoms with Crippen molar-refractivity contribution in [3.63, 3.8) is 0 Å². The minimum atomic E-state index is -0.314. The van der Waals surface area contributed by atoms with E-state index in [-0.39, 0.29) is 23.8 Å². The van der Waals surface area contributed by atoms with Gasteiger partial charge < -0.3 is 9.47 Å². The molecule has 0 saturated carbocycles. The topological polar surface area (TPSA) is 63.9 Å². The number of fused-ring (bicyclic) bond motifs is 3. The molecule has 2 aromatic heterocycles. The average molecular weight is 387 g/mol. The third kappa shape index (κ3) is 3.26. The lowest BCUT2D eigenvalue weighted by molar-refractivity contribution is -0.134. The SMILES string of the molecule is C[C@@H]1CCC[C@H](C)N1C(=O)CSc1nnc2c3cc(F)ccc3n(C)c2n1. The number of hydrogen-bond donors (Lipinski definition) is 0. The molecule has 2 atom stereocenters. The molecule has 27 heavy (non-hydrogen) atoms. The lowest BCUT2D eigenvalue weighted by Crippen LogP contribution is -2.48. The van der Waals surface area contributed by atoms with E-state index < -0.39 is 0 Å². The summed E-state index contributed by atoms with van der Waals surface area (Å²) in [6, 6.07) is 5.13. The summed E-state index contributed by atoms with van der Waals surface area (Å²) in [5.74, 6) is 0.0913. The number of halogens is 1. The molecule has 3 heterocycles. The molecule has 142 valence electrons. The van der Waals surface area contributed by atoms with Gasteiger partial charge >= 0.3 is 0 Å². The molecule has 1 aliphatic heterocycles. The zero-order valence-corrected chi connectivity index (χ0v) is 16.5. The number of hydrogen-bond acceptors (Lipinski definition) is 5. The van der Waals surface area contributed by atoms with Crippen molar-refractivity contribution in [2.24, 2.45) is 7.05 Å². The highest BCUT2D eigenvalue weighted by Gasteiger charge is 2.28. The summed E-state index contributed by atoms with van der Waals surface area (Å²) in [4.78, 5) is 19.2. The highest BCUT2D eigenvalue weighted by atomic mass is 32.2. The Labute approximate surface area is 161 Å². The van der Waals surface area contributed by atoms with Gasteiger partial charge in [-0.25, -0.2) is 9.37 Å². The molecule has 3 aromatic rings. The molecule has 1 fully saturated rings. The van der Waals surface area contributed by atoms with E-state index in [1.54, 1.807) is 6.07 Å². The van der Waals surface area contributed by atoms with Gasteiger partial charge in [0.2, 0.25) is 11.1 Å². The van der Waals surface area contributed by atoms with Gasteiger partial charge in [0.25, 0.3) is 0 Å². The quantitative estimate of drug-likeness (QED) is 0.643. The first-order chi connectivity index (χ1) is 13.0. The van der Waals surface area contributed by atoms with Crippen molar-refractivity contribution in [3.05, 3.63) is 24.0 Å². The van der Waals surface area contributed by atoms with Gasteiger partial charge in [0.05, 0.1) is 11.3 Å². The van der Waals surface area contributed by atoms with E-state index in [1.807, 2.05) is 16.5 Å². The number of amides is 1. The molecule has 8 heteroatoms. The first-order valence-electron chi connectivity index (χ1n) is 9.18. The molecule has 0 unspecified atom stereocenters. The Balaban J connectivity index is 1.57. The summed E-state index contributed by atoms with van der Waals surface area (Å²) in [7, 11) is 1.87. The number of nitrogens with zero attached hydrogens (tertiary/aromatic N) is 5. The number of thioether (sulfide) groups is 1. The largest absolute Gasteiger partial charge is 0.337 e. The highest BCUT2D eigenvalue weighted by molar-refractivity contribution is 7.99. The van der Waals surface area contributed by atoms with Crippen LogP contribution in [0, 0.1) is 5.82 Å². The molecular weight excluding hydrogens is 365 g/mol. The van der Waals surface area contributed by atoms with Crippen LogP contribution >= 0.6 is 11.8 Å². The van der Waals surface area contributed by atoms with E-state index >= 15 is 0 Å². The van der Waals surface area contributed by atoms with Crippen molar-refractivity contribution in [3.8, 4) is 0 Å². The molecule has 1 aliphatic rings. The standard InChI is InChI=1S/C19H22FN5OS/c1-11-5-4-6-12(2)25(11)16(26)10-27-19-21-18-17(22-23-19)14-9-13(20)7-8-15(14)24(18)3/h7-9,11-12H,4-6,10H2,1-3H3/t11-,12+. The van der Waals surface area contributed by atoms with Gasteiger partial charge in [-0.1, -0.05) is 11.8 Å². The molecule has 0 aliphatic carbocycles. The predicted molar refractivity (Wildman–Crippen MR) is 104 cm³/mol. The first kappa shape index (κ1) is 18.2. The van der Waals surface area contributed by atoms with Gasteiger partial charge in [-0.05, 0) is 51.3 Å². The highest BCUT2D eigenvalue weighted by Crippen LogP contribution is 2.28. The van der Waals surface area contributed by atoms with E-state index in [1.165, 1.54) is 30.3 Å². The summed E-state index contributed by atoms with van der Waals surface area (Å²) >= 11 is 1.30. The van der Waals surface area contributed by atoms with Gasteiger partial charge in [0.1, 0.15) is 11.3 Å². The van der Waals surface area contributed by atoms with Crippen molar-refractivity contribution in [2.75, 3.05) is 5.75 Å². The first-order valence-corrected chi connectivity index (χ1v) is 10.2. The maximum absolute atomic E-state index is 13.6. The monoisotopic (exact) mass is 387 g/mol. The van der Waals surface area contributed by atoms with Crippen LogP contribution in [-0.2, 0) is 11.8 Å². The molecule has 1 aromatic carbocycles. The second-order valence-corrected chi connectivity index (χ2v) is 8.15. The van der Waals surface area contributed by atoms with Crippen molar-refractivity contribution in [2.45, 2.75) is 50.4 Å². The fourth-order valence-electron chi connectivity index (χ4n) is 3.99. The van der Waals surface area contributed by atoms with Gasteiger partial charge in [-0.2, -0.15) is 0 Å². The van der Waals surface area contributed by atoms with E-state index in [9.17, 15) is 9.18 Å². The maximum atomic E-state index is 13.6. The Hall–Kier alpha value is -2.22. The Morgan fingerprint density at radius 2 is 2.00 bits per heavy atom. The molecular formula is C19H22FN5OS. The van der Waals surface area contributed by atoms with Crippen molar-refractivity contribution in [1.82, 2.24) is 24.6 Å². The lowest BCUT2D eigenvalue weighted by atomic mass is 9.98. The molecule has 0 N–H and O–H groups in total. The fraction of sp³-hybridized carbons (Fsp3) is 0.474. The number of piperidine rings is 1. The third-order valence-electron chi connectivity index (χ3n) is 5.35. The van der Waals surface area contributed by atoms with E-state index in [0.29, 0.717) is 27.5 Å². The molecule has 6 nitrogen and oxygen atoms in total. The van der Waals surface area contributed by atoms with Gasteiger partial charge in [-0.3, -0.25) is 4.79 Å². The lowest BCUT2D eigenvalue weighted by Gasteiger charge is -2.39. The van der Waals surface area contributed by atoms with Gasteiger partial charge in [0, 0.05) is 24.5 Å². The second kappa shape index (κ2) is 7.07. The number of likely N-dealkylation sites (tertiary alicyclic amines) is 1. The summed E-state index contributed by atoms with van der Waals surface area (Å²) in [6.07, 6.45) is 3.28. The molecule has 1 amide bonds. The number of carbonyl (C=O) groups is 1. The minimum absolute atomic E-state index is 0.113. The number of aryl methyl sites for hydroxylation is 1. The van der Waals surface area contributed by atoms with Gasteiger partial charge in [-0.15, -0.1) is 10.2 Å². The Morgan fingerprint density at radius 3 is 2.74 bits per heavy atom. The van der Waals surface area contributed by atoms with E-state index in [0.717, 1.165) is 18.4 Å². The smallest absolute Gasteiger partial charge is 0.233 e. The average Bonchev–Trinajstić information content (AvgIpc) is 2.91. The fourth-order valence-corrected chi connectivity index (χ4v) is 4.64. The Kier molecular flexibility index (Phi) is 4.75. The third-order valence-corrected chi connectivity index (χ3v) is 6.17. The zero-order chi connectivity index (χ0) is 19.1. The normalized spacial score (nSPS) is 20.5. The molecule has 1 saturated heterocycles. The van der Waals surface area contributed by atoms with Crippen LogP contribution in [0.1, 0.15) is 33.1 Å². The second-order valence-electron chi connectivity index (χ2n) is 7.21. The van der Waals surface area contributed by atoms with Crippen LogP contribution in [0.3, 0.4) is 0 Å². The van der Waals surface area contributed by atoms with Crippen LogP contribution in [-0.4, -0.2) is 48.4 Å². The summed E-state index contributed by atoms with van der Waals surface area (Å²) in [6.45, 7) is 4.22. The summed E-state index contributed by atoms with van der Waals surface area (Å²) in [5, 5.41) is 9.55. The van der Waals surface area contributed by atoms with Crippen LogP contribution in [0.2, 0.25) is 0 Å². The number of carbonyl (C=O) groups excluding carboxylic acids is 1. The molecule has 4 rings (SSSR count). The minimum Gasteiger partial charge on any atom is -0.337 e. The van der Waals surface area contributed by atoms with Crippen LogP contribution in [0.25, 0.3) is 22.1 Å². The van der Waals surface area contributed by atoms with Crippen LogP contribution in [0.5, 0.6) is 0 Å². The Bertz CT molecular complexity index is 1010. The van der Waals surface area contributed by atoms with Crippen molar-refractivity contribution < 1.29 is 9.18 Å². The number of rotatable bonds is 3. The van der Waals surface area contributed by atoms with Crippen LogP contribution in [0.4, 0.5) is 4.39 Å². The molecule has 0 radical (unpaired) electrons. The van der Waals surface area contributed by atoms with Gasteiger partial charge in [0.15, 0.2) is 5.65 Å².